The van der Waals surface area contributed by atoms with E-state index in [4.69, 9.17) is 4.74 Å². The van der Waals surface area contributed by atoms with Crippen LogP contribution in [0.25, 0.3) is 0 Å². The van der Waals surface area contributed by atoms with Crippen molar-refractivity contribution in [1.29, 1.82) is 0 Å². The van der Waals surface area contributed by atoms with Crippen LogP contribution in [-0.4, -0.2) is 36.8 Å². The number of hydrogen-bond acceptors (Lipinski definition) is 3. The maximum atomic E-state index is 12.2. The van der Waals surface area contributed by atoms with E-state index < -0.39 is 12.6 Å². The van der Waals surface area contributed by atoms with Gasteiger partial charge >= 0.3 is 6.18 Å². The van der Waals surface area contributed by atoms with E-state index in [9.17, 15) is 13.2 Å². The van der Waals surface area contributed by atoms with Crippen LogP contribution in [0.3, 0.4) is 0 Å². The zero-order valence-electron chi connectivity index (χ0n) is 14.1. The van der Waals surface area contributed by atoms with E-state index >= 15 is 0 Å². The number of halogens is 4. The van der Waals surface area contributed by atoms with Gasteiger partial charge in [0.05, 0.1) is 19.6 Å². The lowest BCUT2D eigenvalue weighted by Crippen LogP contribution is -2.38. The summed E-state index contributed by atoms with van der Waals surface area (Å²) in [6.45, 7) is 3.24. The largest absolute Gasteiger partial charge is 0.477 e. The molecule has 1 aliphatic rings. The molecule has 142 valence electrons. The Hall–Kier alpha value is -1.26. The van der Waals surface area contributed by atoms with Crippen LogP contribution < -0.4 is 15.4 Å². The summed E-state index contributed by atoms with van der Waals surface area (Å²) in [5, 5.41) is 5.61. The highest BCUT2D eigenvalue weighted by Crippen LogP contribution is 2.29. The summed E-state index contributed by atoms with van der Waals surface area (Å²) in [4.78, 5) is 8.45. The van der Waals surface area contributed by atoms with Gasteiger partial charge < -0.3 is 15.4 Å². The maximum Gasteiger partial charge on any atom is 0.390 e. The summed E-state index contributed by atoms with van der Waals surface area (Å²) in [6.07, 6.45) is -1.01. The predicted molar refractivity (Wildman–Crippen MR) is 101 cm³/mol. The summed E-state index contributed by atoms with van der Waals surface area (Å²) in [7, 11) is 0. The molecule has 0 bridgehead atoms. The van der Waals surface area contributed by atoms with E-state index in [0.29, 0.717) is 37.5 Å². The van der Waals surface area contributed by atoms with Gasteiger partial charge in [-0.05, 0) is 37.3 Å². The minimum absolute atomic E-state index is 0. The first-order valence-electron chi connectivity index (χ1n) is 8.13. The number of rotatable bonds is 8. The monoisotopic (exact) mass is 472 g/mol. The molecule has 0 saturated heterocycles. The quantitative estimate of drug-likeness (QED) is 0.346. The number of alkyl halides is 3. The minimum Gasteiger partial charge on any atom is -0.477 e. The predicted octanol–water partition coefficient (Wildman–Crippen LogP) is 3.50. The highest BCUT2D eigenvalue weighted by molar-refractivity contribution is 14.0. The van der Waals surface area contributed by atoms with Gasteiger partial charge in [0.2, 0.25) is 5.88 Å². The second-order valence-corrected chi connectivity index (χ2v) is 5.74. The SMILES string of the molecule is CCNC(=NCc1ccnc(OCC2CC2)c1)NCCC(F)(F)F.I. The first kappa shape index (κ1) is 21.8. The van der Waals surface area contributed by atoms with E-state index in [1.54, 1.807) is 6.20 Å². The van der Waals surface area contributed by atoms with Crippen LogP contribution in [0.2, 0.25) is 0 Å². The molecule has 0 radical (unpaired) electrons. The second-order valence-electron chi connectivity index (χ2n) is 5.74. The van der Waals surface area contributed by atoms with Gasteiger partial charge in [-0.3, -0.25) is 0 Å². The van der Waals surface area contributed by atoms with Gasteiger partial charge in [0.25, 0.3) is 0 Å². The molecule has 1 fully saturated rings. The molecule has 1 saturated carbocycles. The Morgan fingerprint density at radius 2 is 2.12 bits per heavy atom. The molecule has 2 rings (SSSR count). The molecule has 0 atom stereocenters. The molecule has 9 heteroatoms. The average molecular weight is 472 g/mol. The third-order valence-electron chi connectivity index (χ3n) is 3.43. The fraction of sp³-hybridized carbons (Fsp3) is 0.625. The van der Waals surface area contributed by atoms with Crippen molar-refractivity contribution in [3.8, 4) is 5.88 Å². The molecule has 5 nitrogen and oxygen atoms in total. The topological polar surface area (TPSA) is 58.5 Å². The third kappa shape index (κ3) is 9.71. The molecule has 1 aromatic rings. The Balaban J connectivity index is 0.00000312. The normalized spacial score (nSPS) is 14.6. The molecule has 25 heavy (non-hydrogen) atoms. The van der Waals surface area contributed by atoms with E-state index in [1.807, 2.05) is 19.1 Å². The highest BCUT2D eigenvalue weighted by atomic mass is 127. The number of ether oxygens (including phenoxy) is 1. The van der Waals surface area contributed by atoms with Crippen LogP contribution in [0.5, 0.6) is 5.88 Å². The van der Waals surface area contributed by atoms with Crippen molar-refractivity contribution in [3.05, 3.63) is 23.9 Å². The Bertz CT molecular complexity index is 550. The Kier molecular flexibility index (Phi) is 9.30. The van der Waals surface area contributed by atoms with E-state index in [-0.39, 0.29) is 30.5 Å². The van der Waals surface area contributed by atoms with Crippen LogP contribution in [-0.2, 0) is 6.54 Å². The summed E-state index contributed by atoms with van der Waals surface area (Å²) < 4.78 is 42.2. The van der Waals surface area contributed by atoms with E-state index in [2.05, 4.69) is 20.6 Å². The minimum atomic E-state index is -4.18. The van der Waals surface area contributed by atoms with Crippen LogP contribution in [0.15, 0.2) is 23.3 Å². The lowest BCUT2D eigenvalue weighted by molar-refractivity contribution is -0.132. The number of nitrogens with zero attached hydrogens (tertiary/aromatic N) is 2. The van der Waals surface area contributed by atoms with Crippen molar-refractivity contribution < 1.29 is 17.9 Å². The lowest BCUT2D eigenvalue weighted by Gasteiger charge is -2.12. The lowest BCUT2D eigenvalue weighted by atomic mass is 10.3. The average Bonchev–Trinajstić information content (AvgIpc) is 3.34. The number of aliphatic imine (C=N–C) groups is 1. The van der Waals surface area contributed by atoms with Crippen molar-refractivity contribution >= 4 is 29.9 Å². The Morgan fingerprint density at radius 3 is 2.76 bits per heavy atom. The van der Waals surface area contributed by atoms with Gasteiger partial charge in [-0.2, -0.15) is 13.2 Å². The van der Waals surface area contributed by atoms with Gasteiger partial charge in [0.1, 0.15) is 0 Å². The van der Waals surface area contributed by atoms with Crippen molar-refractivity contribution in [1.82, 2.24) is 15.6 Å². The van der Waals surface area contributed by atoms with Crippen molar-refractivity contribution in [2.45, 2.75) is 38.9 Å². The molecular formula is C16H24F3IN4O. The van der Waals surface area contributed by atoms with Crippen LogP contribution in [0, 0.1) is 5.92 Å². The molecule has 0 unspecified atom stereocenters. The molecule has 1 aliphatic carbocycles. The highest BCUT2D eigenvalue weighted by Gasteiger charge is 2.26. The standard InChI is InChI=1S/C16H23F3N4O.HI/c1-2-20-15(22-8-6-16(17,18)19)23-10-13-5-7-21-14(9-13)24-11-12-3-4-12;/h5,7,9,12H,2-4,6,8,10-11H2,1H3,(H2,20,22,23);1H. The summed E-state index contributed by atoms with van der Waals surface area (Å²) in [5.74, 6) is 1.57. The smallest absolute Gasteiger partial charge is 0.390 e. The Labute approximate surface area is 162 Å². The summed E-state index contributed by atoms with van der Waals surface area (Å²) >= 11 is 0. The first-order valence-corrected chi connectivity index (χ1v) is 8.13. The van der Waals surface area contributed by atoms with Crippen LogP contribution >= 0.6 is 24.0 Å². The number of guanidine groups is 1. The second kappa shape index (κ2) is 10.7. The van der Waals surface area contributed by atoms with E-state index in [1.165, 1.54) is 12.8 Å². The number of aromatic nitrogens is 1. The summed E-state index contributed by atoms with van der Waals surface area (Å²) in [6, 6.07) is 3.62. The van der Waals surface area contributed by atoms with Gasteiger partial charge in [-0.25, -0.2) is 9.98 Å². The Morgan fingerprint density at radius 1 is 1.36 bits per heavy atom. The fourth-order valence-corrected chi connectivity index (χ4v) is 1.95. The van der Waals surface area contributed by atoms with Gasteiger partial charge in [0.15, 0.2) is 5.96 Å². The molecule has 0 aliphatic heterocycles. The van der Waals surface area contributed by atoms with Crippen molar-refractivity contribution in [3.63, 3.8) is 0 Å². The molecule has 1 heterocycles. The van der Waals surface area contributed by atoms with Crippen molar-refractivity contribution in [2.75, 3.05) is 19.7 Å². The molecule has 0 amide bonds. The van der Waals surface area contributed by atoms with E-state index in [0.717, 1.165) is 5.56 Å². The van der Waals surface area contributed by atoms with Gasteiger partial charge in [-0.15, -0.1) is 24.0 Å². The molecule has 2 N–H and O–H groups in total. The zero-order chi connectivity index (χ0) is 17.4. The summed E-state index contributed by atoms with van der Waals surface area (Å²) in [5.41, 5.74) is 0.892. The molecular weight excluding hydrogens is 448 g/mol. The van der Waals surface area contributed by atoms with Crippen molar-refractivity contribution in [2.24, 2.45) is 10.9 Å². The fourth-order valence-electron chi connectivity index (χ4n) is 1.95. The number of nitrogens with one attached hydrogen (secondary N) is 2. The molecule has 1 aromatic heterocycles. The third-order valence-corrected chi connectivity index (χ3v) is 3.43. The molecule has 0 aromatic carbocycles. The molecule has 0 spiro atoms. The van der Waals surface area contributed by atoms with Gasteiger partial charge in [0, 0.05) is 25.4 Å². The first-order chi connectivity index (χ1) is 11.5. The maximum absolute atomic E-state index is 12.2. The van der Waals surface area contributed by atoms with Gasteiger partial charge in [-0.1, -0.05) is 0 Å². The van der Waals surface area contributed by atoms with Crippen LogP contribution in [0.1, 0.15) is 31.7 Å². The number of hydrogen-bond donors (Lipinski definition) is 2. The zero-order valence-corrected chi connectivity index (χ0v) is 16.4. The van der Waals surface area contributed by atoms with Crippen LogP contribution in [0.4, 0.5) is 13.2 Å². The number of pyridine rings is 1.